The molecule has 1 saturated heterocycles. The molecule has 1 aromatic rings. The number of hydrogen-bond acceptors (Lipinski definition) is 7. The number of Topliss-reactive ketones (excluding diaryl/α,β-unsaturated/α-hetero) is 1. The van der Waals surface area contributed by atoms with E-state index in [1.165, 1.54) is 54.4 Å². The fraction of sp³-hybridized carbons (Fsp3) is 0.500. The molecule has 0 aliphatic carbocycles. The molecule has 1 aliphatic heterocycles. The van der Waals surface area contributed by atoms with Crippen LogP contribution in [0.2, 0.25) is 0 Å². The van der Waals surface area contributed by atoms with Gasteiger partial charge in [-0.25, -0.2) is 8.42 Å². The average molecular weight is 429 g/mol. The normalized spacial score (nSPS) is 15.3. The standard InChI is InChI=1S/C18H24N2O6S2/c1-14(21)15-3-5-16(6-4-15)28(24,25)20-10-8-19(9-11-20)17(22)7-12-27-13-18(23)26-2/h3-6H,7-13H2,1-2H3. The average Bonchev–Trinajstić information content (AvgIpc) is 2.70. The Balaban J connectivity index is 1.85. The van der Waals surface area contributed by atoms with Crippen molar-refractivity contribution in [1.82, 2.24) is 9.21 Å². The number of ketones is 1. The molecule has 1 aliphatic rings. The van der Waals surface area contributed by atoms with E-state index in [4.69, 9.17) is 0 Å². The van der Waals surface area contributed by atoms with Gasteiger partial charge in [0.15, 0.2) is 5.78 Å². The van der Waals surface area contributed by atoms with E-state index < -0.39 is 10.0 Å². The van der Waals surface area contributed by atoms with Gasteiger partial charge < -0.3 is 9.64 Å². The van der Waals surface area contributed by atoms with E-state index in [-0.39, 0.29) is 41.4 Å². The lowest BCUT2D eigenvalue weighted by molar-refractivity contribution is -0.137. The van der Waals surface area contributed by atoms with Crippen LogP contribution in [0.4, 0.5) is 0 Å². The molecule has 0 radical (unpaired) electrons. The van der Waals surface area contributed by atoms with E-state index in [0.29, 0.717) is 30.8 Å². The van der Waals surface area contributed by atoms with E-state index >= 15 is 0 Å². The van der Waals surface area contributed by atoms with E-state index in [9.17, 15) is 22.8 Å². The number of rotatable bonds is 8. The summed E-state index contributed by atoms with van der Waals surface area (Å²) in [7, 11) is -2.34. The summed E-state index contributed by atoms with van der Waals surface area (Å²) in [4.78, 5) is 36.4. The maximum atomic E-state index is 12.7. The number of sulfonamides is 1. The largest absolute Gasteiger partial charge is 0.468 e. The number of piperazine rings is 1. The van der Waals surface area contributed by atoms with Gasteiger partial charge in [0.25, 0.3) is 0 Å². The van der Waals surface area contributed by atoms with Gasteiger partial charge in [0.1, 0.15) is 0 Å². The summed E-state index contributed by atoms with van der Waals surface area (Å²) < 4.78 is 31.4. The summed E-state index contributed by atoms with van der Waals surface area (Å²) in [5.74, 6) is 0.210. The van der Waals surface area contributed by atoms with Gasteiger partial charge in [-0.2, -0.15) is 4.31 Å². The van der Waals surface area contributed by atoms with Crippen LogP contribution in [0.1, 0.15) is 23.7 Å². The van der Waals surface area contributed by atoms with Gasteiger partial charge in [-0.15, -0.1) is 11.8 Å². The van der Waals surface area contributed by atoms with Crippen LogP contribution in [0.3, 0.4) is 0 Å². The van der Waals surface area contributed by atoms with Gasteiger partial charge in [0.05, 0.1) is 17.8 Å². The topological polar surface area (TPSA) is 101 Å². The highest BCUT2D eigenvalue weighted by Gasteiger charge is 2.30. The predicted octanol–water partition coefficient (Wildman–Crippen LogP) is 1.02. The molecular weight excluding hydrogens is 404 g/mol. The molecular formula is C18H24N2O6S2. The van der Waals surface area contributed by atoms with Crippen LogP contribution in [0, 0.1) is 0 Å². The van der Waals surface area contributed by atoms with Crippen molar-refractivity contribution in [2.24, 2.45) is 0 Å². The van der Waals surface area contributed by atoms with Crippen LogP contribution in [0.25, 0.3) is 0 Å². The highest BCUT2D eigenvalue weighted by molar-refractivity contribution is 7.99. The van der Waals surface area contributed by atoms with Crippen LogP contribution in [-0.4, -0.2) is 80.1 Å². The van der Waals surface area contributed by atoms with Crippen molar-refractivity contribution in [2.45, 2.75) is 18.2 Å². The molecule has 1 fully saturated rings. The van der Waals surface area contributed by atoms with Crippen molar-refractivity contribution in [3.8, 4) is 0 Å². The van der Waals surface area contributed by atoms with E-state index in [1.807, 2.05) is 0 Å². The van der Waals surface area contributed by atoms with E-state index in [0.717, 1.165) is 0 Å². The molecule has 1 heterocycles. The third-order valence-corrected chi connectivity index (χ3v) is 7.24. The number of esters is 1. The number of benzene rings is 1. The summed E-state index contributed by atoms with van der Waals surface area (Å²) in [6, 6.07) is 5.87. The summed E-state index contributed by atoms with van der Waals surface area (Å²) in [5.41, 5.74) is 0.458. The third-order valence-electron chi connectivity index (χ3n) is 4.40. The van der Waals surface area contributed by atoms with Crippen LogP contribution >= 0.6 is 11.8 Å². The van der Waals surface area contributed by atoms with Crippen molar-refractivity contribution in [3.63, 3.8) is 0 Å². The van der Waals surface area contributed by atoms with Gasteiger partial charge in [-0.1, -0.05) is 12.1 Å². The van der Waals surface area contributed by atoms with Gasteiger partial charge in [-0.3, -0.25) is 14.4 Å². The molecule has 0 atom stereocenters. The van der Waals surface area contributed by atoms with Crippen molar-refractivity contribution >= 4 is 39.4 Å². The minimum absolute atomic E-state index is 0.0553. The van der Waals surface area contributed by atoms with Crippen LogP contribution in [-0.2, 0) is 24.3 Å². The number of methoxy groups -OCH3 is 1. The van der Waals surface area contributed by atoms with E-state index in [1.54, 1.807) is 4.90 Å². The quantitative estimate of drug-likeness (QED) is 0.346. The van der Waals surface area contributed by atoms with Crippen LogP contribution in [0.15, 0.2) is 29.2 Å². The number of nitrogens with zero attached hydrogens (tertiary/aromatic N) is 2. The molecule has 28 heavy (non-hydrogen) atoms. The zero-order chi connectivity index (χ0) is 20.7. The van der Waals surface area contributed by atoms with Crippen LogP contribution in [0.5, 0.6) is 0 Å². The Bertz CT molecular complexity index is 815. The minimum Gasteiger partial charge on any atom is -0.468 e. The molecule has 2 rings (SSSR count). The van der Waals surface area contributed by atoms with Crippen molar-refractivity contribution < 1.29 is 27.5 Å². The molecule has 0 N–H and O–H groups in total. The number of thioether (sulfide) groups is 1. The molecule has 1 amide bonds. The molecule has 0 unspecified atom stereocenters. The maximum absolute atomic E-state index is 12.7. The fourth-order valence-electron chi connectivity index (χ4n) is 2.72. The zero-order valence-electron chi connectivity index (χ0n) is 15.9. The Morgan fingerprint density at radius 2 is 1.68 bits per heavy atom. The van der Waals surface area contributed by atoms with Gasteiger partial charge in [0, 0.05) is 43.9 Å². The first-order valence-electron chi connectivity index (χ1n) is 8.79. The summed E-state index contributed by atoms with van der Waals surface area (Å²) in [5, 5.41) is 0. The van der Waals surface area contributed by atoms with Crippen molar-refractivity contribution in [2.75, 3.05) is 44.8 Å². The first-order valence-corrected chi connectivity index (χ1v) is 11.4. The minimum atomic E-state index is -3.66. The second-order valence-electron chi connectivity index (χ2n) is 6.24. The number of amides is 1. The van der Waals surface area contributed by atoms with E-state index in [2.05, 4.69) is 4.74 Å². The molecule has 0 bridgehead atoms. The first-order chi connectivity index (χ1) is 13.3. The molecule has 154 valence electrons. The second-order valence-corrected chi connectivity index (χ2v) is 9.29. The molecule has 8 nitrogen and oxygen atoms in total. The maximum Gasteiger partial charge on any atom is 0.315 e. The van der Waals surface area contributed by atoms with Gasteiger partial charge >= 0.3 is 5.97 Å². The third kappa shape index (κ3) is 5.79. The first kappa shape index (κ1) is 22.4. The number of carbonyl (C=O) groups is 3. The number of hydrogen-bond donors (Lipinski definition) is 0. The Morgan fingerprint density at radius 1 is 1.07 bits per heavy atom. The zero-order valence-corrected chi connectivity index (χ0v) is 17.6. The number of ether oxygens (including phenoxy) is 1. The fourth-order valence-corrected chi connectivity index (χ4v) is 4.89. The summed E-state index contributed by atoms with van der Waals surface area (Å²) in [6.07, 6.45) is 0.293. The molecule has 10 heteroatoms. The molecule has 0 spiro atoms. The summed E-state index contributed by atoms with van der Waals surface area (Å²) >= 11 is 1.33. The van der Waals surface area contributed by atoms with Gasteiger partial charge in [0.2, 0.25) is 15.9 Å². The van der Waals surface area contributed by atoms with Gasteiger partial charge in [-0.05, 0) is 19.1 Å². The lowest BCUT2D eigenvalue weighted by Gasteiger charge is -2.34. The highest BCUT2D eigenvalue weighted by Crippen LogP contribution is 2.19. The SMILES string of the molecule is COC(=O)CSCCC(=O)N1CCN(S(=O)(=O)c2ccc(C(C)=O)cc2)CC1. The van der Waals surface area contributed by atoms with Crippen molar-refractivity contribution in [3.05, 3.63) is 29.8 Å². The van der Waals surface area contributed by atoms with Crippen LogP contribution < -0.4 is 0 Å². The Morgan fingerprint density at radius 3 is 2.21 bits per heavy atom. The lowest BCUT2D eigenvalue weighted by Crippen LogP contribution is -2.50. The predicted molar refractivity (Wildman–Crippen MR) is 106 cm³/mol. The second kappa shape index (κ2) is 10.0. The monoisotopic (exact) mass is 428 g/mol. The summed E-state index contributed by atoms with van der Waals surface area (Å²) in [6.45, 7) is 2.51. The highest BCUT2D eigenvalue weighted by atomic mass is 32.2. The molecule has 0 saturated carbocycles. The molecule has 1 aromatic carbocycles. The van der Waals surface area contributed by atoms with Crippen molar-refractivity contribution in [1.29, 1.82) is 0 Å². The Labute approximate surface area is 169 Å². The number of carbonyl (C=O) groups excluding carboxylic acids is 3. The Hall–Kier alpha value is -1.91. The molecule has 0 aromatic heterocycles. The lowest BCUT2D eigenvalue weighted by atomic mass is 10.2. The Kier molecular flexibility index (Phi) is 8.02. The smallest absolute Gasteiger partial charge is 0.315 e.